The van der Waals surface area contributed by atoms with Gasteiger partial charge in [0.1, 0.15) is 5.60 Å². The van der Waals surface area contributed by atoms with Crippen LogP contribution < -0.4 is 5.32 Å². The molecule has 4 nitrogen and oxygen atoms in total. The lowest BCUT2D eigenvalue weighted by molar-refractivity contribution is 0.0120. The number of likely N-dealkylation sites (tertiary alicyclic amines) is 1. The molecule has 2 aliphatic rings. The molecule has 0 aliphatic carbocycles. The van der Waals surface area contributed by atoms with E-state index in [1.165, 1.54) is 6.42 Å². The predicted octanol–water partition coefficient (Wildman–Crippen LogP) is 3.02. The number of carbonyl (C=O) groups is 1. The SMILES string of the molecule is CC.CC(C)(C)OC(=O)N1CCC2(CCNC2)CC1. The fourth-order valence-electron chi connectivity index (χ4n) is 2.71. The van der Waals surface area contributed by atoms with E-state index in [1.807, 2.05) is 39.5 Å². The molecular formula is C15H30N2O2. The maximum atomic E-state index is 11.9. The smallest absolute Gasteiger partial charge is 0.410 e. The van der Waals surface area contributed by atoms with Crippen molar-refractivity contribution in [3.8, 4) is 0 Å². The van der Waals surface area contributed by atoms with Gasteiger partial charge in [-0.15, -0.1) is 0 Å². The summed E-state index contributed by atoms with van der Waals surface area (Å²) >= 11 is 0. The summed E-state index contributed by atoms with van der Waals surface area (Å²) in [7, 11) is 0. The number of nitrogens with one attached hydrogen (secondary N) is 1. The zero-order valence-corrected chi connectivity index (χ0v) is 13.2. The minimum atomic E-state index is -0.388. The van der Waals surface area contributed by atoms with E-state index in [-0.39, 0.29) is 11.7 Å². The second-order valence-electron chi connectivity index (χ2n) is 6.39. The summed E-state index contributed by atoms with van der Waals surface area (Å²) < 4.78 is 5.40. The molecule has 2 heterocycles. The van der Waals surface area contributed by atoms with Gasteiger partial charge in [-0.05, 0) is 52.0 Å². The van der Waals surface area contributed by atoms with Crippen molar-refractivity contribution in [1.29, 1.82) is 0 Å². The van der Waals surface area contributed by atoms with Crippen molar-refractivity contribution in [3.05, 3.63) is 0 Å². The Kier molecular flexibility index (Phi) is 5.65. The molecule has 1 spiro atoms. The van der Waals surface area contributed by atoms with E-state index in [9.17, 15) is 4.79 Å². The van der Waals surface area contributed by atoms with Gasteiger partial charge in [-0.2, -0.15) is 0 Å². The van der Waals surface area contributed by atoms with Crippen molar-refractivity contribution in [1.82, 2.24) is 10.2 Å². The first kappa shape index (κ1) is 16.3. The first-order valence-corrected chi connectivity index (χ1v) is 7.59. The highest BCUT2D eigenvalue weighted by Gasteiger charge is 2.38. The molecule has 112 valence electrons. The Labute approximate surface area is 117 Å². The van der Waals surface area contributed by atoms with Crippen molar-refractivity contribution in [3.63, 3.8) is 0 Å². The van der Waals surface area contributed by atoms with Crippen LogP contribution in [0.3, 0.4) is 0 Å². The molecule has 19 heavy (non-hydrogen) atoms. The van der Waals surface area contributed by atoms with Gasteiger partial charge >= 0.3 is 6.09 Å². The van der Waals surface area contributed by atoms with E-state index in [2.05, 4.69) is 5.32 Å². The van der Waals surface area contributed by atoms with E-state index in [0.29, 0.717) is 5.41 Å². The monoisotopic (exact) mass is 270 g/mol. The van der Waals surface area contributed by atoms with Crippen LogP contribution in [0.1, 0.15) is 53.9 Å². The average molecular weight is 270 g/mol. The van der Waals surface area contributed by atoms with Gasteiger partial charge in [0, 0.05) is 19.6 Å². The zero-order valence-electron chi connectivity index (χ0n) is 13.2. The molecule has 2 fully saturated rings. The first-order valence-electron chi connectivity index (χ1n) is 7.59. The molecule has 0 radical (unpaired) electrons. The summed E-state index contributed by atoms with van der Waals surface area (Å²) in [6.07, 6.45) is 3.33. The van der Waals surface area contributed by atoms with Crippen molar-refractivity contribution >= 4 is 6.09 Å². The Hall–Kier alpha value is -0.770. The lowest BCUT2D eigenvalue weighted by Crippen LogP contribution is -2.45. The van der Waals surface area contributed by atoms with E-state index in [0.717, 1.165) is 39.0 Å². The number of hydrogen-bond acceptors (Lipinski definition) is 3. The number of nitrogens with zero attached hydrogens (tertiary/aromatic N) is 1. The molecule has 0 saturated carbocycles. The van der Waals surface area contributed by atoms with Crippen LogP contribution in [0.4, 0.5) is 4.79 Å². The van der Waals surface area contributed by atoms with Crippen molar-refractivity contribution in [2.75, 3.05) is 26.2 Å². The number of rotatable bonds is 0. The van der Waals surface area contributed by atoms with Gasteiger partial charge < -0.3 is 15.0 Å². The van der Waals surface area contributed by atoms with Gasteiger partial charge in [-0.1, -0.05) is 13.8 Å². The fourth-order valence-corrected chi connectivity index (χ4v) is 2.71. The van der Waals surface area contributed by atoms with Gasteiger partial charge in [-0.3, -0.25) is 0 Å². The van der Waals surface area contributed by atoms with Crippen LogP contribution in [0.2, 0.25) is 0 Å². The number of hydrogen-bond donors (Lipinski definition) is 1. The topological polar surface area (TPSA) is 41.6 Å². The molecule has 4 heteroatoms. The second kappa shape index (κ2) is 6.60. The highest BCUT2D eigenvalue weighted by molar-refractivity contribution is 5.68. The third-order valence-corrected chi connectivity index (χ3v) is 3.81. The Morgan fingerprint density at radius 2 is 1.74 bits per heavy atom. The molecule has 2 rings (SSSR count). The van der Waals surface area contributed by atoms with Gasteiger partial charge in [0.25, 0.3) is 0 Å². The standard InChI is InChI=1S/C13H24N2O2.C2H6/c1-12(2,3)17-11(16)15-8-5-13(6-9-15)4-7-14-10-13;1-2/h14H,4-10H2,1-3H3;1-2H3. The largest absolute Gasteiger partial charge is 0.444 e. The lowest BCUT2D eigenvalue weighted by Gasteiger charge is -2.39. The van der Waals surface area contributed by atoms with E-state index >= 15 is 0 Å². The minimum Gasteiger partial charge on any atom is -0.444 e. The molecule has 1 amide bonds. The quantitative estimate of drug-likeness (QED) is 0.735. The molecule has 0 bridgehead atoms. The molecule has 0 aromatic rings. The summed E-state index contributed by atoms with van der Waals surface area (Å²) in [5.74, 6) is 0. The number of carbonyl (C=O) groups excluding carboxylic acids is 1. The maximum absolute atomic E-state index is 11.9. The summed E-state index contributed by atoms with van der Waals surface area (Å²) in [5.41, 5.74) is 0.0691. The summed E-state index contributed by atoms with van der Waals surface area (Å²) in [6, 6.07) is 0. The summed E-state index contributed by atoms with van der Waals surface area (Å²) in [4.78, 5) is 13.8. The molecule has 1 N–H and O–H groups in total. The van der Waals surface area contributed by atoms with Crippen molar-refractivity contribution in [2.24, 2.45) is 5.41 Å². The van der Waals surface area contributed by atoms with Crippen LogP contribution in [-0.2, 0) is 4.74 Å². The maximum Gasteiger partial charge on any atom is 0.410 e. The number of ether oxygens (including phenoxy) is 1. The highest BCUT2D eigenvalue weighted by atomic mass is 16.6. The van der Waals surface area contributed by atoms with E-state index in [1.54, 1.807) is 0 Å². The van der Waals surface area contributed by atoms with Crippen LogP contribution >= 0.6 is 0 Å². The number of piperidine rings is 1. The zero-order chi connectivity index (χ0) is 14.5. The Bertz CT molecular complexity index is 281. The van der Waals surface area contributed by atoms with Crippen LogP contribution in [0.5, 0.6) is 0 Å². The van der Waals surface area contributed by atoms with Crippen LogP contribution in [0, 0.1) is 5.41 Å². The van der Waals surface area contributed by atoms with E-state index in [4.69, 9.17) is 4.74 Å². The highest BCUT2D eigenvalue weighted by Crippen LogP contribution is 2.37. The molecule has 2 aliphatic heterocycles. The molecule has 0 aromatic carbocycles. The van der Waals surface area contributed by atoms with Gasteiger partial charge in [0.2, 0.25) is 0 Å². The molecular weight excluding hydrogens is 240 g/mol. The van der Waals surface area contributed by atoms with Crippen LogP contribution in [0.25, 0.3) is 0 Å². The average Bonchev–Trinajstić information content (AvgIpc) is 2.79. The number of amides is 1. The van der Waals surface area contributed by atoms with Crippen LogP contribution in [0.15, 0.2) is 0 Å². The summed E-state index contributed by atoms with van der Waals surface area (Å²) in [5, 5.41) is 3.43. The normalized spacial score (nSPS) is 21.8. The van der Waals surface area contributed by atoms with Crippen molar-refractivity contribution in [2.45, 2.75) is 59.5 Å². The fraction of sp³-hybridized carbons (Fsp3) is 0.933. The van der Waals surface area contributed by atoms with Gasteiger partial charge in [-0.25, -0.2) is 4.79 Å². The minimum absolute atomic E-state index is 0.154. The molecule has 2 saturated heterocycles. The molecule has 0 aromatic heterocycles. The Morgan fingerprint density at radius 1 is 1.16 bits per heavy atom. The first-order chi connectivity index (χ1) is 8.90. The molecule has 0 atom stereocenters. The third kappa shape index (κ3) is 4.68. The van der Waals surface area contributed by atoms with Gasteiger partial charge in [0.15, 0.2) is 0 Å². The predicted molar refractivity (Wildman–Crippen MR) is 78.3 cm³/mol. The van der Waals surface area contributed by atoms with Crippen LogP contribution in [-0.4, -0.2) is 42.8 Å². The van der Waals surface area contributed by atoms with Crippen molar-refractivity contribution < 1.29 is 9.53 Å². The third-order valence-electron chi connectivity index (χ3n) is 3.81. The lowest BCUT2D eigenvalue weighted by atomic mass is 9.78. The Balaban J connectivity index is 0.000000861. The summed E-state index contributed by atoms with van der Waals surface area (Å²) in [6.45, 7) is 13.7. The van der Waals surface area contributed by atoms with E-state index < -0.39 is 0 Å². The van der Waals surface area contributed by atoms with Gasteiger partial charge in [0.05, 0.1) is 0 Å². The second-order valence-corrected chi connectivity index (χ2v) is 6.39. The Morgan fingerprint density at radius 3 is 2.16 bits per heavy atom. The molecule has 0 unspecified atom stereocenters.